The minimum absolute atomic E-state index is 0.886. The zero-order valence-electron chi connectivity index (χ0n) is 14.2. The molecule has 0 atom stereocenters. The molecular weight excluding hydrogens is 340 g/mol. The lowest BCUT2D eigenvalue weighted by atomic mass is 10.2. The molecule has 2 heterocycles. The Labute approximate surface area is 154 Å². The molecule has 2 aromatic heterocycles. The van der Waals surface area contributed by atoms with Crippen molar-refractivity contribution in [2.75, 3.05) is 0 Å². The average Bonchev–Trinajstić information content (AvgIpc) is 3.23. The normalized spacial score (nSPS) is 11.4. The smallest absolute Gasteiger partial charge is 0.171 e. The van der Waals surface area contributed by atoms with Crippen molar-refractivity contribution in [1.29, 1.82) is 0 Å². The van der Waals surface area contributed by atoms with Crippen molar-refractivity contribution in [3.05, 3.63) is 72.8 Å². The van der Waals surface area contributed by atoms with Gasteiger partial charge in [0.25, 0.3) is 0 Å². The average molecular weight is 356 g/mol. The van der Waals surface area contributed by atoms with Crippen LogP contribution >= 0.6 is 11.8 Å². The molecule has 0 amide bonds. The van der Waals surface area contributed by atoms with Crippen molar-refractivity contribution >= 4 is 33.8 Å². The van der Waals surface area contributed by atoms with Crippen LogP contribution in [0.2, 0.25) is 0 Å². The number of benzene rings is 3. The molecule has 0 saturated carbocycles. The first-order chi connectivity index (χ1) is 12.8. The summed E-state index contributed by atoms with van der Waals surface area (Å²) >= 11 is 1.63. The van der Waals surface area contributed by atoms with Gasteiger partial charge in [0.05, 0.1) is 22.1 Å². The van der Waals surface area contributed by atoms with Gasteiger partial charge in [-0.25, -0.2) is 9.97 Å². The summed E-state index contributed by atoms with van der Waals surface area (Å²) in [6.45, 7) is 0. The van der Waals surface area contributed by atoms with Gasteiger partial charge in [-0.05, 0) is 30.3 Å². The number of H-pyrrole nitrogens is 1. The fourth-order valence-electron chi connectivity index (χ4n) is 3.21. The van der Waals surface area contributed by atoms with Crippen LogP contribution in [0.5, 0.6) is 0 Å². The van der Waals surface area contributed by atoms with Crippen LogP contribution in [0.1, 0.15) is 0 Å². The van der Waals surface area contributed by atoms with Crippen molar-refractivity contribution in [3.8, 4) is 11.4 Å². The Balaban J connectivity index is 1.61. The van der Waals surface area contributed by atoms with Gasteiger partial charge in [-0.3, -0.25) is 0 Å². The number of aryl methyl sites for hydroxylation is 1. The molecule has 0 aliphatic carbocycles. The largest absolute Gasteiger partial charge is 0.333 e. The topological polar surface area (TPSA) is 46.5 Å². The number of fused-ring (bicyclic) bond motifs is 2. The molecule has 0 fully saturated rings. The van der Waals surface area contributed by atoms with Gasteiger partial charge in [-0.1, -0.05) is 54.2 Å². The number of aromatic amines is 1. The van der Waals surface area contributed by atoms with E-state index in [2.05, 4.69) is 51.9 Å². The summed E-state index contributed by atoms with van der Waals surface area (Å²) in [7, 11) is 2.06. The number of nitrogens with one attached hydrogen (secondary N) is 1. The highest BCUT2D eigenvalue weighted by atomic mass is 32.2. The molecular formula is C21H16N4S. The first-order valence-corrected chi connectivity index (χ1v) is 9.25. The number of hydrogen-bond acceptors (Lipinski definition) is 3. The lowest BCUT2D eigenvalue weighted by molar-refractivity contribution is 0.954. The molecule has 0 unspecified atom stereocenters. The van der Waals surface area contributed by atoms with Crippen molar-refractivity contribution in [1.82, 2.24) is 19.5 Å². The van der Waals surface area contributed by atoms with Gasteiger partial charge < -0.3 is 9.55 Å². The third-order valence-corrected chi connectivity index (χ3v) is 5.45. The lowest BCUT2D eigenvalue weighted by Gasteiger charge is -2.08. The Kier molecular flexibility index (Phi) is 3.53. The summed E-state index contributed by atoms with van der Waals surface area (Å²) in [6.07, 6.45) is 0. The van der Waals surface area contributed by atoms with E-state index in [0.717, 1.165) is 43.5 Å². The van der Waals surface area contributed by atoms with Crippen LogP contribution in [0.15, 0.2) is 82.8 Å². The Hall–Kier alpha value is -3.05. The second kappa shape index (κ2) is 6.04. The first-order valence-electron chi connectivity index (χ1n) is 8.43. The van der Waals surface area contributed by atoms with E-state index < -0.39 is 0 Å². The van der Waals surface area contributed by atoms with Gasteiger partial charge in [0.15, 0.2) is 5.16 Å². The summed E-state index contributed by atoms with van der Waals surface area (Å²) in [4.78, 5) is 14.1. The highest BCUT2D eigenvalue weighted by Crippen LogP contribution is 2.35. The van der Waals surface area contributed by atoms with E-state index in [1.165, 1.54) is 0 Å². The van der Waals surface area contributed by atoms with Crippen molar-refractivity contribution in [3.63, 3.8) is 0 Å². The van der Waals surface area contributed by atoms with Crippen molar-refractivity contribution in [2.45, 2.75) is 10.1 Å². The molecule has 0 aliphatic rings. The maximum atomic E-state index is 4.85. The summed E-state index contributed by atoms with van der Waals surface area (Å²) in [6, 6.07) is 24.6. The van der Waals surface area contributed by atoms with E-state index in [-0.39, 0.29) is 0 Å². The van der Waals surface area contributed by atoms with E-state index >= 15 is 0 Å². The SMILES string of the molecule is Cn1c(-c2ccccc2Sc2nc3ccccc3[nH]2)nc2ccccc21. The van der Waals surface area contributed by atoms with Crippen molar-refractivity contribution < 1.29 is 0 Å². The minimum Gasteiger partial charge on any atom is -0.333 e. The molecule has 0 bridgehead atoms. The highest BCUT2D eigenvalue weighted by Gasteiger charge is 2.15. The third kappa shape index (κ3) is 2.48. The monoisotopic (exact) mass is 356 g/mol. The Bertz CT molecular complexity index is 1200. The second-order valence-corrected chi connectivity index (χ2v) is 7.17. The van der Waals surface area contributed by atoms with Gasteiger partial charge in [0.1, 0.15) is 5.82 Å². The van der Waals surface area contributed by atoms with Crippen molar-refractivity contribution in [2.24, 2.45) is 7.05 Å². The maximum Gasteiger partial charge on any atom is 0.171 e. The zero-order chi connectivity index (χ0) is 17.5. The molecule has 5 heteroatoms. The van der Waals surface area contributed by atoms with Crippen LogP contribution in [0, 0.1) is 0 Å². The van der Waals surface area contributed by atoms with Gasteiger partial charge in [0.2, 0.25) is 0 Å². The highest BCUT2D eigenvalue weighted by molar-refractivity contribution is 7.99. The van der Waals surface area contributed by atoms with Gasteiger partial charge in [0, 0.05) is 17.5 Å². The standard InChI is InChI=1S/C21H16N4S/c1-25-18-12-6-5-11-17(18)22-20(25)14-8-2-7-13-19(14)26-21-23-15-9-3-4-10-16(15)24-21/h2-13H,1H3,(H,23,24). The van der Waals surface area contributed by atoms with Gasteiger partial charge >= 0.3 is 0 Å². The zero-order valence-corrected chi connectivity index (χ0v) is 15.0. The number of hydrogen-bond donors (Lipinski definition) is 1. The molecule has 126 valence electrons. The van der Waals surface area contributed by atoms with E-state index in [1.807, 2.05) is 42.5 Å². The van der Waals surface area contributed by atoms with Gasteiger partial charge in [-0.15, -0.1) is 0 Å². The quantitative estimate of drug-likeness (QED) is 0.479. The van der Waals surface area contributed by atoms with Gasteiger partial charge in [-0.2, -0.15) is 0 Å². The molecule has 26 heavy (non-hydrogen) atoms. The van der Waals surface area contributed by atoms with Crippen LogP contribution in [-0.2, 0) is 7.05 Å². The Morgan fingerprint density at radius 2 is 1.54 bits per heavy atom. The molecule has 0 spiro atoms. The van der Waals surface area contributed by atoms with E-state index in [1.54, 1.807) is 11.8 Å². The second-order valence-electron chi connectivity index (χ2n) is 6.14. The fraction of sp³-hybridized carbons (Fsp3) is 0.0476. The number of nitrogens with zero attached hydrogens (tertiary/aromatic N) is 3. The molecule has 1 N–H and O–H groups in total. The maximum absolute atomic E-state index is 4.85. The fourth-order valence-corrected chi connectivity index (χ4v) is 4.14. The predicted octanol–water partition coefficient (Wildman–Crippen LogP) is 5.27. The Morgan fingerprint density at radius 1 is 0.808 bits per heavy atom. The molecule has 5 aromatic rings. The molecule has 3 aromatic carbocycles. The number of imidazole rings is 2. The summed E-state index contributed by atoms with van der Waals surface area (Å²) in [5, 5.41) is 0.886. The number of rotatable bonds is 3. The molecule has 0 saturated heterocycles. The van der Waals surface area contributed by atoms with E-state index in [0.29, 0.717) is 0 Å². The van der Waals surface area contributed by atoms with Crippen LogP contribution in [0.4, 0.5) is 0 Å². The minimum atomic E-state index is 0.886. The summed E-state index contributed by atoms with van der Waals surface area (Å²) in [5.74, 6) is 0.963. The van der Waals surface area contributed by atoms with Crippen LogP contribution in [-0.4, -0.2) is 19.5 Å². The van der Waals surface area contributed by atoms with E-state index in [4.69, 9.17) is 4.98 Å². The summed E-state index contributed by atoms with van der Waals surface area (Å²) < 4.78 is 2.15. The molecule has 5 rings (SSSR count). The van der Waals surface area contributed by atoms with Crippen LogP contribution in [0.25, 0.3) is 33.5 Å². The van der Waals surface area contributed by atoms with Crippen LogP contribution in [0.3, 0.4) is 0 Å². The third-order valence-electron chi connectivity index (χ3n) is 4.49. The molecule has 0 aliphatic heterocycles. The van der Waals surface area contributed by atoms with Crippen LogP contribution < -0.4 is 0 Å². The molecule has 0 radical (unpaired) electrons. The molecule has 4 nitrogen and oxygen atoms in total. The first kappa shape index (κ1) is 15.2. The van der Waals surface area contributed by atoms with E-state index in [9.17, 15) is 0 Å². The summed E-state index contributed by atoms with van der Waals surface area (Å²) in [5.41, 5.74) is 5.28. The number of aromatic nitrogens is 4. The number of para-hydroxylation sites is 4. The lowest BCUT2D eigenvalue weighted by Crippen LogP contribution is -1.94. The predicted molar refractivity (Wildman–Crippen MR) is 106 cm³/mol. The Morgan fingerprint density at radius 3 is 2.38 bits per heavy atom.